The lowest BCUT2D eigenvalue weighted by Crippen LogP contribution is -2.46. The Morgan fingerprint density at radius 3 is 2.59 bits per heavy atom. The number of rotatable bonds is 9. The number of phenolic OH excluding ortho intramolecular Hbond substituents is 1. The molecule has 1 aromatic rings. The Balaban J connectivity index is 1.64. The van der Waals surface area contributed by atoms with Gasteiger partial charge in [0.05, 0.1) is 23.0 Å². The number of hydrogen-bond acceptors (Lipinski definition) is 5. The van der Waals surface area contributed by atoms with E-state index >= 15 is 0 Å². The average molecular weight is 528 g/mol. The zero-order valence-electron chi connectivity index (χ0n) is 22.4. The molecule has 0 unspecified atom stereocenters. The maximum absolute atomic E-state index is 13.4. The van der Waals surface area contributed by atoms with Crippen LogP contribution >= 0.6 is 11.6 Å². The Morgan fingerprint density at radius 1 is 1.19 bits per heavy atom. The van der Waals surface area contributed by atoms with Crippen molar-refractivity contribution in [3.63, 3.8) is 0 Å². The van der Waals surface area contributed by atoms with Crippen LogP contribution in [0, 0.1) is 23.7 Å². The number of nitrogens with zero attached hydrogens (tertiary/aromatic N) is 1. The van der Waals surface area contributed by atoms with Crippen LogP contribution in [-0.4, -0.2) is 46.6 Å². The summed E-state index contributed by atoms with van der Waals surface area (Å²) in [5.41, 5.74) is 4.43. The maximum Gasteiger partial charge on any atom is 0.455 e. The molecule has 1 aliphatic carbocycles. The van der Waals surface area contributed by atoms with Gasteiger partial charge in [0.15, 0.2) is 0 Å². The summed E-state index contributed by atoms with van der Waals surface area (Å²) >= 11 is 6.36. The molecular weight excluding hydrogens is 489 g/mol. The first-order chi connectivity index (χ1) is 17.7. The summed E-state index contributed by atoms with van der Waals surface area (Å²) in [6.45, 7) is 8.85. The Hall–Kier alpha value is -2.09. The molecule has 2 amide bonds. The van der Waals surface area contributed by atoms with Gasteiger partial charge in [0.2, 0.25) is 11.8 Å². The summed E-state index contributed by atoms with van der Waals surface area (Å²) in [5, 5.41) is 20.9. The van der Waals surface area contributed by atoms with E-state index in [1.54, 1.807) is 12.1 Å². The van der Waals surface area contributed by atoms with Crippen LogP contribution in [0.5, 0.6) is 5.75 Å². The fourth-order valence-corrected chi connectivity index (χ4v) is 6.75. The van der Waals surface area contributed by atoms with Crippen LogP contribution in [0.4, 0.5) is 0 Å². The molecule has 200 valence electrons. The van der Waals surface area contributed by atoms with Gasteiger partial charge in [0.1, 0.15) is 5.75 Å². The van der Waals surface area contributed by atoms with E-state index in [0.717, 1.165) is 36.8 Å². The van der Waals surface area contributed by atoms with Crippen molar-refractivity contribution < 1.29 is 24.4 Å². The van der Waals surface area contributed by atoms with Crippen molar-refractivity contribution in [2.45, 2.75) is 78.6 Å². The summed E-state index contributed by atoms with van der Waals surface area (Å²) in [5.74, 6) is -0.676. The normalized spacial score (nSPS) is 26.3. The third kappa shape index (κ3) is 5.69. The standard InChI is InChI=1S/C29H39BClNO5/c1-5-7-18(13-19-9-10-20(33)14-24(19)31)8-11-25-26-21(17(3)4)15-22-27(23(26)16-30(36)37-25)29(35)32(12-6-2)28(22)34/h9-10,13-14,17,22-23,25,27,33,36H,5-8,11-12,15-16H2,1-4H3/b18-13+/t22-,23+,25-,27-/m1/s1. The maximum atomic E-state index is 13.4. The van der Waals surface area contributed by atoms with E-state index in [0.29, 0.717) is 30.7 Å². The summed E-state index contributed by atoms with van der Waals surface area (Å²) in [4.78, 5) is 28.1. The van der Waals surface area contributed by atoms with Gasteiger partial charge in [-0.1, -0.05) is 62.9 Å². The minimum Gasteiger partial charge on any atom is -0.508 e. The molecule has 4 rings (SSSR count). The number of amides is 2. The van der Waals surface area contributed by atoms with Crippen molar-refractivity contribution in [3.8, 4) is 5.75 Å². The lowest BCUT2D eigenvalue weighted by atomic mass is 9.57. The van der Waals surface area contributed by atoms with E-state index in [1.807, 2.05) is 13.0 Å². The third-order valence-electron chi connectivity index (χ3n) is 8.12. The predicted octanol–water partition coefficient (Wildman–Crippen LogP) is 5.87. The van der Waals surface area contributed by atoms with Gasteiger partial charge < -0.3 is 14.8 Å². The van der Waals surface area contributed by atoms with Gasteiger partial charge in [-0.3, -0.25) is 14.5 Å². The van der Waals surface area contributed by atoms with E-state index in [-0.39, 0.29) is 41.4 Å². The second-order valence-corrected chi connectivity index (χ2v) is 11.4. The Bertz CT molecular complexity index is 1100. The molecule has 0 radical (unpaired) electrons. The Morgan fingerprint density at radius 2 is 1.95 bits per heavy atom. The number of hydrogen-bond donors (Lipinski definition) is 2. The summed E-state index contributed by atoms with van der Waals surface area (Å²) in [7, 11) is -0.959. The zero-order valence-corrected chi connectivity index (χ0v) is 23.1. The Kier molecular flexibility index (Phi) is 8.87. The first-order valence-electron chi connectivity index (χ1n) is 13.8. The van der Waals surface area contributed by atoms with Crippen molar-refractivity contribution >= 4 is 36.6 Å². The van der Waals surface area contributed by atoms with Crippen LogP contribution in [-0.2, 0) is 14.2 Å². The highest BCUT2D eigenvalue weighted by Gasteiger charge is 2.57. The lowest BCUT2D eigenvalue weighted by Gasteiger charge is -2.44. The van der Waals surface area contributed by atoms with Crippen molar-refractivity contribution in [2.75, 3.05) is 6.54 Å². The topological polar surface area (TPSA) is 87.1 Å². The number of halogens is 1. The number of imide groups is 1. The van der Waals surface area contributed by atoms with Crippen molar-refractivity contribution in [1.82, 2.24) is 4.90 Å². The summed E-state index contributed by atoms with van der Waals surface area (Å²) in [6, 6.07) is 4.99. The van der Waals surface area contributed by atoms with Gasteiger partial charge in [0, 0.05) is 6.54 Å². The highest BCUT2D eigenvalue weighted by atomic mass is 35.5. The number of likely N-dealkylation sites (tertiary alicyclic amines) is 1. The molecule has 3 aliphatic rings. The minimum absolute atomic E-state index is 0.0504. The smallest absolute Gasteiger partial charge is 0.455 e. The molecular formula is C29H39BClNO5. The first-order valence-corrected chi connectivity index (χ1v) is 14.1. The molecule has 2 aliphatic heterocycles. The molecule has 6 nitrogen and oxygen atoms in total. The third-order valence-corrected chi connectivity index (χ3v) is 8.45. The molecule has 2 heterocycles. The largest absolute Gasteiger partial charge is 0.508 e. The van der Waals surface area contributed by atoms with Crippen LogP contribution in [0.3, 0.4) is 0 Å². The highest BCUT2D eigenvalue weighted by molar-refractivity contribution is 6.43. The molecule has 0 aromatic heterocycles. The molecule has 4 atom stereocenters. The van der Waals surface area contributed by atoms with E-state index in [4.69, 9.17) is 16.3 Å². The summed E-state index contributed by atoms with van der Waals surface area (Å²) in [6.07, 6.45) is 6.78. The zero-order chi connectivity index (χ0) is 26.9. The predicted molar refractivity (Wildman–Crippen MR) is 147 cm³/mol. The average Bonchev–Trinajstić information content (AvgIpc) is 3.08. The molecule has 37 heavy (non-hydrogen) atoms. The molecule has 0 saturated carbocycles. The van der Waals surface area contributed by atoms with Crippen LogP contribution in [0.25, 0.3) is 6.08 Å². The minimum atomic E-state index is -0.959. The highest BCUT2D eigenvalue weighted by Crippen LogP contribution is 2.52. The van der Waals surface area contributed by atoms with E-state index in [2.05, 4.69) is 26.8 Å². The second-order valence-electron chi connectivity index (χ2n) is 11.0. The van der Waals surface area contributed by atoms with Gasteiger partial charge in [0.25, 0.3) is 0 Å². The van der Waals surface area contributed by atoms with Crippen molar-refractivity contribution in [3.05, 3.63) is 45.5 Å². The molecule has 0 spiro atoms. The number of carbonyl (C=O) groups excluding carboxylic acids is 2. The molecule has 2 saturated heterocycles. The molecule has 2 fully saturated rings. The molecule has 1 aromatic carbocycles. The summed E-state index contributed by atoms with van der Waals surface area (Å²) < 4.78 is 6.14. The SMILES string of the molecule is CCC/C(=C\c1ccc(O)cc1Cl)CC[C@H]1OB(O)C[C@H]2C1=C(C(C)C)C[C@H]1C(=O)N(CCC)C(=O)[C@H]12. The second kappa shape index (κ2) is 11.8. The van der Waals surface area contributed by atoms with Crippen molar-refractivity contribution in [2.24, 2.45) is 23.7 Å². The van der Waals surface area contributed by atoms with Gasteiger partial charge >= 0.3 is 7.12 Å². The van der Waals surface area contributed by atoms with Gasteiger partial charge in [-0.2, -0.15) is 0 Å². The van der Waals surface area contributed by atoms with Crippen LogP contribution in [0.2, 0.25) is 11.3 Å². The fraction of sp³-hybridized carbons (Fsp3) is 0.586. The number of benzene rings is 1. The Labute approximate surface area is 225 Å². The quantitative estimate of drug-likeness (QED) is 0.238. The molecule has 8 heteroatoms. The molecule has 0 bridgehead atoms. The number of carbonyl (C=O) groups is 2. The number of aromatic hydroxyl groups is 1. The van der Waals surface area contributed by atoms with Crippen LogP contribution in [0.15, 0.2) is 34.9 Å². The number of phenols is 1. The van der Waals surface area contributed by atoms with E-state index < -0.39 is 13.0 Å². The fourth-order valence-electron chi connectivity index (χ4n) is 6.52. The van der Waals surface area contributed by atoms with E-state index in [9.17, 15) is 19.7 Å². The van der Waals surface area contributed by atoms with Crippen LogP contribution < -0.4 is 0 Å². The molecule has 2 N–H and O–H groups in total. The lowest BCUT2D eigenvalue weighted by molar-refractivity contribution is -0.140. The first kappa shape index (κ1) is 27.9. The van der Waals surface area contributed by atoms with E-state index in [1.165, 1.54) is 16.0 Å². The van der Waals surface area contributed by atoms with Gasteiger partial charge in [-0.25, -0.2) is 0 Å². The monoisotopic (exact) mass is 527 g/mol. The van der Waals surface area contributed by atoms with Gasteiger partial charge in [-0.15, -0.1) is 0 Å². The van der Waals surface area contributed by atoms with Crippen molar-refractivity contribution in [1.29, 1.82) is 0 Å². The van der Waals surface area contributed by atoms with Gasteiger partial charge in [-0.05, 0) is 79.6 Å². The number of fused-ring (bicyclic) bond motifs is 3. The number of allylic oxidation sites excluding steroid dienone is 2. The van der Waals surface area contributed by atoms with Crippen LogP contribution in [0.1, 0.15) is 71.8 Å².